The molecule has 0 spiro atoms. The largest absolute Gasteiger partial charge is 0.466 e. The monoisotopic (exact) mass is 305 g/mol. The average Bonchev–Trinajstić information content (AvgIpc) is 3.05. The fraction of sp³-hybridized carbons (Fsp3) is 0.375. The van der Waals surface area contributed by atoms with Crippen molar-refractivity contribution in [2.75, 3.05) is 0 Å². The Hall–Kier alpha value is -1.88. The summed E-state index contributed by atoms with van der Waals surface area (Å²) >= 11 is 1.40. The highest BCUT2D eigenvalue weighted by atomic mass is 32.1. The number of Topliss-reactive ketones (excluding diaryl/α,β-unsaturated/α-hetero) is 1. The van der Waals surface area contributed by atoms with Crippen molar-refractivity contribution in [1.29, 1.82) is 0 Å². The number of thiophene rings is 1. The Bertz CT molecular complexity index is 628. The zero-order chi connectivity index (χ0) is 15.4. The normalized spacial score (nSPS) is 12.1. The van der Waals surface area contributed by atoms with Gasteiger partial charge in [0.2, 0.25) is 5.91 Å². The van der Waals surface area contributed by atoms with Crippen molar-refractivity contribution in [2.45, 2.75) is 39.7 Å². The maximum absolute atomic E-state index is 11.9. The minimum absolute atomic E-state index is 0.0168. The lowest BCUT2D eigenvalue weighted by atomic mass is 10.1. The Kier molecular flexibility index (Phi) is 4.96. The van der Waals surface area contributed by atoms with Gasteiger partial charge in [-0.05, 0) is 38.3 Å². The molecule has 0 fully saturated rings. The van der Waals surface area contributed by atoms with Crippen molar-refractivity contribution < 1.29 is 14.0 Å². The first kappa shape index (κ1) is 15.5. The van der Waals surface area contributed by atoms with Gasteiger partial charge in [0.25, 0.3) is 0 Å². The van der Waals surface area contributed by atoms with E-state index in [0.717, 1.165) is 17.1 Å². The summed E-state index contributed by atoms with van der Waals surface area (Å²) in [5.41, 5.74) is 0.977. The second kappa shape index (κ2) is 6.72. The van der Waals surface area contributed by atoms with Gasteiger partial charge < -0.3 is 9.73 Å². The van der Waals surface area contributed by atoms with E-state index in [1.807, 2.05) is 38.3 Å². The summed E-state index contributed by atoms with van der Waals surface area (Å²) in [5.74, 6) is 1.54. The molecule has 0 unspecified atom stereocenters. The molecule has 112 valence electrons. The van der Waals surface area contributed by atoms with E-state index in [-0.39, 0.29) is 30.6 Å². The molecule has 2 heterocycles. The zero-order valence-corrected chi connectivity index (χ0v) is 13.3. The molecule has 2 rings (SSSR count). The molecule has 0 saturated carbocycles. The summed E-state index contributed by atoms with van der Waals surface area (Å²) < 4.78 is 5.46. The number of carbonyl (C=O) groups is 2. The van der Waals surface area contributed by atoms with Gasteiger partial charge in [-0.2, -0.15) is 0 Å². The van der Waals surface area contributed by atoms with E-state index in [1.165, 1.54) is 11.3 Å². The SMILES string of the molecule is Cc1cc([C@H](C)NC(=O)CCC(=O)c2cccs2)c(C)o1. The smallest absolute Gasteiger partial charge is 0.220 e. The van der Waals surface area contributed by atoms with Crippen molar-refractivity contribution in [3.63, 3.8) is 0 Å². The lowest BCUT2D eigenvalue weighted by molar-refractivity contribution is -0.121. The zero-order valence-electron chi connectivity index (χ0n) is 12.4. The van der Waals surface area contributed by atoms with E-state index in [4.69, 9.17) is 4.42 Å². The second-order valence-electron chi connectivity index (χ2n) is 5.06. The molecule has 0 aliphatic rings. The molecule has 0 aliphatic heterocycles. The average molecular weight is 305 g/mol. The minimum atomic E-state index is -0.120. The maximum Gasteiger partial charge on any atom is 0.220 e. The highest BCUT2D eigenvalue weighted by molar-refractivity contribution is 7.12. The van der Waals surface area contributed by atoms with E-state index in [9.17, 15) is 9.59 Å². The van der Waals surface area contributed by atoms with Gasteiger partial charge in [-0.3, -0.25) is 9.59 Å². The molecule has 1 atom stereocenters. The van der Waals surface area contributed by atoms with Crippen LogP contribution in [-0.4, -0.2) is 11.7 Å². The molecule has 2 aromatic heterocycles. The van der Waals surface area contributed by atoms with Gasteiger partial charge in [0.1, 0.15) is 11.5 Å². The predicted molar refractivity (Wildman–Crippen MR) is 82.6 cm³/mol. The fourth-order valence-corrected chi connectivity index (χ4v) is 2.95. The lowest BCUT2D eigenvalue weighted by Crippen LogP contribution is -2.27. The van der Waals surface area contributed by atoms with Crippen LogP contribution >= 0.6 is 11.3 Å². The predicted octanol–water partition coefficient (Wildman–Crippen LogP) is 3.80. The molecular weight excluding hydrogens is 286 g/mol. The molecule has 21 heavy (non-hydrogen) atoms. The van der Waals surface area contributed by atoms with Crippen LogP contribution in [0.3, 0.4) is 0 Å². The van der Waals surface area contributed by atoms with Gasteiger partial charge in [-0.1, -0.05) is 6.07 Å². The van der Waals surface area contributed by atoms with Crippen LogP contribution in [0.4, 0.5) is 0 Å². The van der Waals surface area contributed by atoms with Crippen LogP contribution < -0.4 is 5.32 Å². The molecule has 4 nitrogen and oxygen atoms in total. The molecule has 1 amide bonds. The van der Waals surface area contributed by atoms with Crippen LogP contribution in [0.25, 0.3) is 0 Å². The third-order valence-corrected chi connectivity index (χ3v) is 4.21. The van der Waals surface area contributed by atoms with E-state index < -0.39 is 0 Å². The number of nitrogens with one attached hydrogen (secondary N) is 1. The Morgan fingerprint density at radius 2 is 2.10 bits per heavy atom. The van der Waals surface area contributed by atoms with E-state index in [2.05, 4.69) is 5.32 Å². The number of rotatable bonds is 6. The van der Waals surface area contributed by atoms with Crippen LogP contribution in [0.15, 0.2) is 28.0 Å². The van der Waals surface area contributed by atoms with Crippen molar-refractivity contribution in [3.05, 3.63) is 45.5 Å². The summed E-state index contributed by atoms with van der Waals surface area (Å²) in [6.07, 6.45) is 0.444. The van der Waals surface area contributed by atoms with Gasteiger partial charge in [0.15, 0.2) is 5.78 Å². The number of carbonyl (C=O) groups excluding carboxylic acids is 2. The van der Waals surface area contributed by atoms with Crippen molar-refractivity contribution >= 4 is 23.0 Å². The Labute approximate surface area is 128 Å². The summed E-state index contributed by atoms with van der Waals surface area (Å²) in [5, 5.41) is 4.76. The first-order valence-electron chi connectivity index (χ1n) is 6.90. The van der Waals surface area contributed by atoms with E-state index in [0.29, 0.717) is 4.88 Å². The highest BCUT2D eigenvalue weighted by Crippen LogP contribution is 2.21. The topological polar surface area (TPSA) is 59.3 Å². The minimum Gasteiger partial charge on any atom is -0.466 e. The Balaban J connectivity index is 1.84. The van der Waals surface area contributed by atoms with Crippen LogP contribution in [0.1, 0.15) is 52.6 Å². The van der Waals surface area contributed by atoms with Crippen molar-refractivity contribution in [3.8, 4) is 0 Å². The van der Waals surface area contributed by atoms with E-state index >= 15 is 0 Å². The summed E-state index contributed by atoms with van der Waals surface area (Å²) in [6, 6.07) is 5.43. The van der Waals surface area contributed by atoms with Gasteiger partial charge >= 0.3 is 0 Å². The third-order valence-electron chi connectivity index (χ3n) is 3.30. The summed E-state index contributed by atoms with van der Waals surface area (Å²) in [6.45, 7) is 5.67. The number of hydrogen-bond donors (Lipinski definition) is 1. The lowest BCUT2D eigenvalue weighted by Gasteiger charge is -2.12. The molecule has 0 saturated heterocycles. The van der Waals surface area contributed by atoms with Gasteiger partial charge in [0, 0.05) is 18.4 Å². The molecule has 0 aliphatic carbocycles. The number of amides is 1. The van der Waals surface area contributed by atoms with E-state index in [1.54, 1.807) is 6.07 Å². The Morgan fingerprint density at radius 3 is 2.67 bits per heavy atom. The number of hydrogen-bond acceptors (Lipinski definition) is 4. The van der Waals surface area contributed by atoms with Crippen LogP contribution in [0.5, 0.6) is 0 Å². The second-order valence-corrected chi connectivity index (χ2v) is 6.01. The Morgan fingerprint density at radius 1 is 1.33 bits per heavy atom. The highest BCUT2D eigenvalue weighted by Gasteiger charge is 2.16. The standard InChI is InChI=1S/C16H19NO3S/c1-10-9-13(12(3)20-10)11(2)17-16(19)7-6-14(18)15-5-4-8-21-15/h4-5,8-9,11H,6-7H2,1-3H3,(H,17,19)/t11-/m0/s1. The summed E-state index contributed by atoms with van der Waals surface area (Å²) in [4.78, 5) is 24.5. The molecular formula is C16H19NO3S. The van der Waals surface area contributed by atoms with Crippen LogP contribution in [-0.2, 0) is 4.79 Å². The number of furan rings is 1. The molecule has 0 aromatic carbocycles. The molecule has 5 heteroatoms. The first-order chi connectivity index (χ1) is 9.97. The maximum atomic E-state index is 11.9. The van der Waals surface area contributed by atoms with Gasteiger partial charge in [0.05, 0.1) is 10.9 Å². The van der Waals surface area contributed by atoms with Gasteiger partial charge in [-0.15, -0.1) is 11.3 Å². The third kappa shape index (κ3) is 4.04. The molecule has 0 radical (unpaired) electrons. The van der Waals surface area contributed by atoms with Crippen molar-refractivity contribution in [2.24, 2.45) is 0 Å². The molecule has 1 N–H and O–H groups in total. The quantitative estimate of drug-likeness (QED) is 0.826. The molecule has 0 bridgehead atoms. The number of aryl methyl sites for hydroxylation is 2. The van der Waals surface area contributed by atoms with Gasteiger partial charge in [-0.25, -0.2) is 0 Å². The number of ketones is 1. The first-order valence-corrected chi connectivity index (χ1v) is 7.78. The fourth-order valence-electron chi connectivity index (χ4n) is 2.26. The van der Waals surface area contributed by atoms with Crippen LogP contribution in [0, 0.1) is 13.8 Å². The summed E-state index contributed by atoms with van der Waals surface area (Å²) in [7, 11) is 0. The van der Waals surface area contributed by atoms with Crippen LogP contribution in [0.2, 0.25) is 0 Å². The molecule has 2 aromatic rings. The van der Waals surface area contributed by atoms with Crippen molar-refractivity contribution in [1.82, 2.24) is 5.32 Å².